The lowest BCUT2D eigenvalue weighted by molar-refractivity contribution is -0.184. The summed E-state index contributed by atoms with van der Waals surface area (Å²) in [5.41, 5.74) is 2.50. The molecule has 1 heterocycles. The molecule has 120 valence electrons. The van der Waals surface area contributed by atoms with E-state index in [9.17, 15) is 10.0 Å². The van der Waals surface area contributed by atoms with E-state index in [0.29, 0.717) is 6.42 Å². The molecule has 0 spiro atoms. The summed E-state index contributed by atoms with van der Waals surface area (Å²) in [6.07, 6.45) is 4.02. The number of aryl methyl sites for hydroxylation is 1. The Morgan fingerprint density at radius 2 is 1.65 bits per heavy atom. The SMILES string of the molecule is O=C1C[C@H](c2ccccc2)C[C@@H](CCCc2ccccc2)N1O. The Bertz CT molecular complexity index is 627. The highest BCUT2D eigenvalue weighted by Gasteiger charge is 2.33. The minimum absolute atomic E-state index is 0.0785. The van der Waals surface area contributed by atoms with Gasteiger partial charge in [-0.25, -0.2) is 5.06 Å². The molecule has 1 saturated heterocycles. The molecule has 1 fully saturated rings. The van der Waals surface area contributed by atoms with Crippen LogP contribution in [0.1, 0.15) is 42.7 Å². The summed E-state index contributed by atoms with van der Waals surface area (Å²) in [5.74, 6) is 0.0589. The number of rotatable bonds is 5. The predicted molar refractivity (Wildman–Crippen MR) is 90.2 cm³/mol. The summed E-state index contributed by atoms with van der Waals surface area (Å²) in [6, 6.07) is 20.4. The number of amides is 1. The van der Waals surface area contributed by atoms with Crippen LogP contribution in [0.25, 0.3) is 0 Å². The molecular weight excluding hydrogens is 286 g/mol. The third-order valence-corrected chi connectivity index (χ3v) is 4.70. The van der Waals surface area contributed by atoms with E-state index in [4.69, 9.17) is 0 Å². The fourth-order valence-corrected chi connectivity index (χ4v) is 3.43. The zero-order valence-electron chi connectivity index (χ0n) is 13.3. The molecule has 0 aliphatic carbocycles. The molecule has 23 heavy (non-hydrogen) atoms. The van der Waals surface area contributed by atoms with E-state index in [0.717, 1.165) is 30.7 Å². The van der Waals surface area contributed by atoms with Crippen LogP contribution in [0.5, 0.6) is 0 Å². The zero-order chi connectivity index (χ0) is 16.1. The van der Waals surface area contributed by atoms with Gasteiger partial charge in [0.2, 0.25) is 5.91 Å². The first kappa shape index (κ1) is 15.8. The lowest BCUT2D eigenvalue weighted by atomic mass is 9.84. The average Bonchev–Trinajstić information content (AvgIpc) is 2.60. The Balaban J connectivity index is 1.60. The minimum Gasteiger partial charge on any atom is -0.286 e. The molecule has 3 rings (SSSR count). The van der Waals surface area contributed by atoms with Gasteiger partial charge < -0.3 is 0 Å². The van der Waals surface area contributed by atoms with E-state index < -0.39 is 0 Å². The first-order valence-electron chi connectivity index (χ1n) is 8.34. The van der Waals surface area contributed by atoms with Crippen LogP contribution in [0.15, 0.2) is 60.7 Å². The molecule has 1 aliphatic heterocycles. The highest BCUT2D eigenvalue weighted by Crippen LogP contribution is 2.33. The lowest BCUT2D eigenvalue weighted by Crippen LogP contribution is -2.43. The van der Waals surface area contributed by atoms with Gasteiger partial charge in [0.25, 0.3) is 0 Å². The molecule has 0 bridgehead atoms. The molecule has 0 radical (unpaired) electrons. The first-order chi connectivity index (χ1) is 11.2. The van der Waals surface area contributed by atoms with Crippen LogP contribution in [-0.2, 0) is 11.2 Å². The van der Waals surface area contributed by atoms with Crippen molar-refractivity contribution >= 4 is 5.91 Å². The van der Waals surface area contributed by atoms with Crippen molar-refractivity contribution in [1.82, 2.24) is 5.06 Å². The maximum absolute atomic E-state index is 12.1. The van der Waals surface area contributed by atoms with Gasteiger partial charge in [-0.2, -0.15) is 0 Å². The maximum atomic E-state index is 12.1. The van der Waals surface area contributed by atoms with Crippen molar-refractivity contribution in [1.29, 1.82) is 0 Å². The second-order valence-corrected chi connectivity index (χ2v) is 6.32. The van der Waals surface area contributed by atoms with Crippen molar-refractivity contribution < 1.29 is 10.0 Å². The summed E-state index contributed by atoms with van der Waals surface area (Å²) in [6.45, 7) is 0. The number of nitrogens with zero attached hydrogens (tertiary/aromatic N) is 1. The van der Waals surface area contributed by atoms with Crippen molar-refractivity contribution in [2.45, 2.75) is 44.1 Å². The van der Waals surface area contributed by atoms with E-state index in [2.05, 4.69) is 24.3 Å². The molecule has 2 atom stereocenters. The third kappa shape index (κ3) is 3.99. The van der Waals surface area contributed by atoms with Crippen molar-refractivity contribution in [3.63, 3.8) is 0 Å². The minimum atomic E-state index is -0.158. The fraction of sp³-hybridized carbons (Fsp3) is 0.350. The van der Waals surface area contributed by atoms with Gasteiger partial charge in [0.1, 0.15) is 0 Å². The molecule has 1 aliphatic rings. The molecule has 2 aromatic rings. The van der Waals surface area contributed by atoms with Crippen molar-refractivity contribution in [3.05, 3.63) is 71.8 Å². The number of piperidine rings is 1. The van der Waals surface area contributed by atoms with Gasteiger partial charge in [0.15, 0.2) is 0 Å². The summed E-state index contributed by atoms with van der Waals surface area (Å²) < 4.78 is 0. The van der Waals surface area contributed by atoms with E-state index in [1.165, 1.54) is 11.1 Å². The largest absolute Gasteiger partial charge is 0.286 e. The highest BCUT2D eigenvalue weighted by atomic mass is 16.5. The smallest absolute Gasteiger partial charge is 0.246 e. The second kappa shape index (κ2) is 7.42. The van der Waals surface area contributed by atoms with Crippen LogP contribution in [-0.4, -0.2) is 22.2 Å². The van der Waals surface area contributed by atoms with E-state index in [1.54, 1.807) is 0 Å². The van der Waals surface area contributed by atoms with Crippen LogP contribution in [0, 0.1) is 0 Å². The number of carbonyl (C=O) groups excluding carboxylic acids is 1. The molecule has 3 heteroatoms. The summed E-state index contributed by atoms with van der Waals surface area (Å²) in [4.78, 5) is 12.1. The van der Waals surface area contributed by atoms with Gasteiger partial charge >= 0.3 is 0 Å². The number of hydrogen-bond donors (Lipinski definition) is 1. The molecule has 0 saturated carbocycles. The summed E-state index contributed by atoms with van der Waals surface area (Å²) in [5, 5.41) is 11.1. The van der Waals surface area contributed by atoms with E-state index >= 15 is 0 Å². The molecule has 1 N–H and O–H groups in total. The summed E-state index contributed by atoms with van der Waals surface area (Å²) >= 11 is 0. The van der Waals surface area contributed by atoms with Crippen LogP contribution in [0.4, 0.5) is 0 Å². The Morgan fingerprint density at radius 1 is 1.00 bits per heavy atom. The molecule has 0 aromatic heterocycles. The van der Waals surface area contributed by atoms with Gasteiger partial charge in [-0.1, -0.05) is 60.7 Å². The number of benzene rings is 2. The van der Waals surface area contributed by atoms with Crippen LogP contribution < -0.4 is 0 Å². The molecule has 0 unspecified atom stereocenters. The zero-order valence-corrected chi connectivity index (χ0v) is 13.3. The number of hydrogen-bond acceptors (Lipinski definition) is 2. The molecular formula is C20H23NO2. The van der Waals surface area contributed by atoms with Gasteiger partial charge in [0, 0.05) is 6.42 Å². The average molecular weight is 309 g/mol. The summed E-state index contributed by atoms with van der Waals surface area (Å²) in [7, 11) is 0. The Hall–Kier alpha value is -2.13. The van der Waals surface area contributed by atoms with Crippen LogP contribution in [0.2, 0.25) is 0 Å². The molecule has 2 aromatic carbocycles. The van der Waals surface area contributed by atoms with Crippen molar-refractivity contribution in [2.24, 2.45) is 0 Å². The number of carbonyl (C=O) groups is 1. The Morgan fingerprint density at radius 3 is 2.35 bits per heavy atom. The van der Waals surface area contributed by atoms with Gasteiger partial charge in [-0.15, -0.1) is 0 Å². The first-order valence-corrected chi connectivity index (χ1v) is 8.34. The third-order valence-electron chi connectivity index (χ3n) is 4.70. The van der Waals surface area contributed by atoms with Crippen LogP contribution >= 0.6 is 0 Å². The maximum Gasteiger partial charge on any atom is 0.246 e. The standard InChI is InChI=1S/C20H23NO2/c22-20-15-18(17-11-5-2-6-12-17)14-19(21(20)23)13-7-10-16-8-3-1-4-9-16/h1-6,8-9,11-12,18-19,23H,7,10,13-15H2/t18-,19-/m1/s1. The van der Waals surface area contributed by atoms with Crippen molar-refractivity contribution in [2.75, 3.05) is 0 Å². The van der Waals surface area contributed by atoms with Gasteiger partial charge in [0.05, 0.1) is 6.04 Å². The van der Waals surface area contributed by atoms with Gasteiger partial charge in [-0.05, 0) is 42.7 Å². The predicted octanol–water partition coefficient (Wildman–Crippen LogP) is 4.17. The Kier molecular flexibility index (Phi) is 5.09. The molecule has 1 amide bonds. The van der Waals surface area contributed by atoms with Gasteiger partial charge in [-0.3, -0.25) is 10.0 Å². The monoisotopic (exact) mass is 309 g/mol. The second-order valence-electron chi connectivity index (χ2n) is 6.32. The quantitative estimate of drug-likeness (QED) is 0.842. The molecule has 3 nitrogen and oxygen atoms in total. The number of hydroxylamine groups is 2. The van der Waals surface area contributed by atoms with E-state index in [-0.39, 0.29) is 17.9 Å². The fourth-order valence-electron chi connectivity index (χ4n) is 3.43. The van der Waals surface area contributed by atoms with Crippen molar-refractivity contribution in [3.8, 4) is 0 Å². The topological polar surface area (TPSA) is 40.5 Å². The van der Waals surface area contributed by atoms with Crippen LogP contribution in [0.3, 0.4) is 0 Å². The normalized spacial score (nSPS) is 21.4. The highest BCUT2D eigenvalue weighted by molar-refractivity contribution is 5.77. The lowest BCUT2D eigenvalue weighted by Gasteiger charge is -2.35. The van der Waals surface area contributed by atoms with E-state index in [1.807, 2.05) is 36.4 Å². The Labute approximate surface area is 137 Å².